The number of halogens is 2. The van der Waals surface area contributed by atoms with Crippen LogP contribution in [-0.4, -0.2) is 16.8 Å². The standard InChI is InChI=1S/C15H19ClFN3/c1-4-14-12(9-20(3)19-14)15(18-2)8-10-7-11(17)5-6-13(10)16/h5-7,9,15,18H,4,8H2,1-3H3. The first kappa shape index (κ1) is 15.0. The van der Waals surface area contributed by atoms with Gasteiger partial charge in [0.25, 0.3) is 0 Å². The molecular weight excluding hydrogens is 277 g/mol. The van der Waals surface area contributed by atoms with Gasteiger partial charge in [-0.05, 0) is 43.7 Å². The minimum Gasteiger partial charge on any atom is -0.313 e. The lowest BCUT2D eigenvalue weighted by molar-refractivity contribution is 0.580. The van der Waals surface area contributed by atoms with E-state index in [0.29, 0.717) is 11.4 Å². The predicted molar refractivity (Wildman–Crippen MR) is 79.5 cm³/mol. The average Bonchev–Trinajstić information content (AvgIpc) is 2.80. The van der Waals surface area contributed by atoms with Crippen LogP contribution in [0.15, 0.2) is 24.4 Å². The van der Waals surface area contributed by atoms with Crippen LogP contribution in [0.3, 0.4) is 0 Å². The fourth-order valence-corrected chi connectivity index (χ4v) is 2.60. The maximum absolute atomic E-state index is 13.4. The molecule has 0 spiro atoms. The molecule has 0 fully saturated rings. The monoisotopic (exact) mass is 295 g/mol. The molecule has 0 aliphatic heterocycles. The first-order valence-corrected chi connectivity index (χ1v) is 7.06. The quantitative estimate of drug-likeness (QED) is 0.917. The molecule has 0 aliphatic rings. The highest BCUT2D eigenvalue weighted by Crippen LogP contribution is 2.26. The zero-order chi connectivity index (χ0) is 14.7. The maximum atomic E-state index is 13.4. The Morgan fingerprint density at radius 2 is 2.20 bits per heavy atom. The molecule has 0 saturated carbocycles. The van der Waals surface area contributed by atoms with Crippen LogP contribution >= 0.6 is 11.6 Å². The van der Waals surface area contributed by atoms with E-state index in [-0.39, 0.29) is 11.9 Å². The topological polar surface area (TPSA) is 29.9 Å². The normalized spacial score (nSPS) is 12.7. The second kappa shape index (κ2) is 6.37. The van der Waals surface area contributed by atoms with Gasteiger partial charge in [0.05, 0.1) is 5.69 Å². The predicted octanol–water partition coefficient (Wildman–Crippen LogP) is 3.28. The summed E-state index contributed by atoms with van der Waals surface area (Å²) < 4.78 is 15.2. The van der Waals surface area contributed by atoms with Gasteiger partial charge in [0.15, 0.2) is 0 Å². The van der Waals surface area contributed by atoms with Crippen LogP contribution in [0.5, 0.6) is 0 Å². The van der Waals surface area contributed by atoms with E-state index in [1.807, 2.05) is 25.0 Å². The van der Waals surface area contributed by atoms with Gasteiger partial charge in [0.1, 0.15) is 5.82 Å². The first-order valence-electron chi connectivity index (χ1n) is 6.68. The molecule has 1 aromatic carbocycles. The SMILES string of the molecule is CCc1nn(C)cc1C(Cc1cc(F)ccc1Cl)NC. The van der Waals surface area contributed by atoms with Gasteiger partial charge in [0.2, 0.25) is 0 Å². The van der Waals surface area contributed by atoms with E-state index in [9.17, 15) is 4.39 Å². The van der Waals surface area contributed by atoms with Crippen LogP contribution in [0.4, 0.5) is 4.39 Å². The summed E-state index contributed by atoms with van der Waals surface area (Å²) in [5.41, 5.74) is 2.99. The number of hydrogen-bond acceptors (Lipinski definition) is 2. The summed E-state index contributed by atoms with van der Waals surface area (Å²) in [6.45, 7) is 2.08. The van der Waals surface area contributed by atoms with E-state index in [4.69, 9.17) is 11.6 Å². The van der Waals surface area contributed by atoms with Crippen LogP contribution in [0.1, 0.15) is 29.8 Å². The number of hydrogen-bond donors (Lipinski definition) is 1. The lowest BCUT2D eigenvalue weighted by atomic mass is 9.98. The van der Waals surface area contributed by atoms with Crippen molar-refractivity contribution >= 4 is 11.6 Å². The third kappa shape index (κ3) is 3.19. The average molecular weight is 296 g/mol. The number of aryl methyl sites for hydroxylation is 2. The zero-order valence-electron chi connectivity index (χ0n) is 12.0. The molecule has 1 aromatic heterocycles. The molecule has 1 unspecified atom stereocenters. The van der Waals surface area contributed by atoms with Crippen LogP contribution in [-0.2, 0) is 19.9 Å². The highest BCUT2D eigenvalue weighted by molar-refractivity contribution is 6.31. The second-order valence-electron chi connectivity index (χ2n) is 4.84. The Bertz CT molecular complexity index is 595. The minimum absolute atomic E-state index is 0.0675. The third-order valence-electron chi connectivity index (χ3n) is 3.43. The third-order valence-corrected chi connectivity index (χ3v) is 3.80. The largest absolute Gasteiger partial charge is 0.313 e. The van der Waals surface area contributed by atoms with Gasteiger partial charge in [-0.1, -0.05) is 18.5 Å². The summed E-state index contributed by atoms with van der Waals surface area (Å²) in [6, 6.07) is 4.54. The lowest BCUT2D eigenvalue weighted by Gasteiger charge is -2.17. The minimum atomic E-state index is -0.263. The summed E-state index contributed by atoms with van der Waals surface area (Å²) in [4.78, 5) is 0. The Kier molecular flexibility index (Phi) is 4.78. The number of aromatic nitrogens is 2. The second-order valence-corrected chi connectivity index (χ2v) is 5.25. The Balaban J connectivity index is 2.30. The van der Waals surface area contributed by atoms with E-state index >= 15 is 0 Å². The van der Waals surface area contributed by atoms with E-state index in [1.54, 1.807) is 6.07 Å². The molecule has 1 N–H and O–H groups in total. The summed E-state index contributed by atoms with van der Waals surface area (Å²) in [7, 11) is 3.80. The summed E-state index contributed by atoms with van der Waals surface area (Å²) in [5, 5.41) is 8.31. The Morgan fingerprint density at radius 1 is 1.45 bits per heavy atom. The van der Waals surface area contributed by atoms with Gasteiger partial charge < -0.3 is 5.32 Å². The van der Waals surface area contributed by atoms with E-state index < -0.39 is 0 Å². The molecule has 20 heavy (non-hydrogen) atoms. The number of benzene rings is 1. The fourth-order valence-electron chi connectivity index (χ4n) is 2.41. The number of rotatable bonds is 5. The molecule has 1 heterocycles. The van der Waals surface area contributed by atoms with Crippen molar-refractivity contribution in [2.24, 2.45) is 7.05 Å². The number of nitrogens with zero attached hydrogens (tertiary/aromatic N) is 2. The van der Waals surface area contributed by atoms with Crippen molar-refractivity contribution in [1.29, 1.82) is 0 Å². The molecule has 0 bridgehead atoms. The van der Waals surface area contributed by atoms with Crippen LogP contribution < -0.4 is 5.32 Å². The van der Waals surface area contributed by atoms with E-state index in [0.717, 1.165) is 23.2 Å². The summed E-state index contributed by atoms with van der Waals surface area (Å²) in [6.07, 6.45) is 3.50. The number of nitrogens with one attached hydrogen (secondary N) is 1. The van der Waals surface area contributed by atoms with Crippen LogP contribution in [0, 0.1) is 5.82 Å². The molecular formula is C15H19ClFN3. The Labute approximate surface area is 123 Å². The molecule has 0 saturated heterocycles. The maximum Gasteiger partial charge on any atom is 0.123 e. The van der Waals surface area contributed by atoms with Crippen molar-refractivity contribution in [3.8, 4) is 0 Å². The van der Waals surface area contributed by atoms with E-state index in [1.165, 1.54) is 12.1 Å². The molecule has 2 aromatic rings. The Hall–Kier alpha value is -1.39. The summed E-state index contributed by atoms with van der Waals surface area (Å²) >= 11 is 6.15. The zero-order valence-corrected chi connectivity index (χ0v) is 12.7. The molecule has 5 heteroatoms. The van der Waals surface area contributed by atoms with Crippen molar-refractivity contribution in [2.45, 2.75) is 25.8 Å². The van der Waals surface area contributed by atoms with Crippen molar-refractivity contribution in [3.63, 3.8) is 0 Å². The van der Waals surface area contributed by atoms with Crippen molar-refractivity contribution in [2.75, 3.05) is 7.05 Å². The van der Waals surface area contributed by atoms with Gasteiger partial charge >= 0.3 is 0 Å². The Morgan fingerprint density at radius 3 is 2.85 bits per heavy atom. The first-order chi connectivity index (χ1) is 9.55. The molecule has 108 valence electrons. The number of likely N-dealkylation sites (N-methyl/N-ethyl adjacent to an activating group) is 1. The molecule has 0 radical (unpaired) electrons. The molecule has 2 rings (SSSR count). The highest BCUT2D eigenvalue weighted by atomic mass is 35.5. The lowest BCUT2D eigenvalue weighted by Crippen LogP contribution is -2.20. The van der Waals surface area contributed by atoms with Gasteiger partial charge in [-0.2, -0.15) is 5.10 Å². The molecule has 1 atom stereocenters. The van der Waals surface area contributed by atoms with Crippen molar-refractivity contribution in [1.82, 2.24) is 15.1 Å². The van der Waals surface area contributed by atoms with Gasteiger partial charge in [-0.25, -0.2) is 4.39 Å². The van der Waals surface area contributed by atoms with Crippen molar-refractivity contribution in [3.05, 3.63) is 52.1 Å². The summed E-state index contributed by atoms with van der Waals surface area (Å²) in [5.74, 6) is -0.263. The smallest absolute Gasteiger partial charge is 0.123 e. The van der Waals surface area contributed by atoms with Crippen LogP contribution in [0.25, 0.3) is 0 Å². The molecule has 0 aliphatic carbocycles. The van der Waals surface area contributed by atoms with Crippen molar-refractivity contribution < 1.29 is 4.39 Å². The highest BCUT2D eigenvalue weighted by Gasteiger charge is 2.18. The van der Waals surface area contributed by atoms with Gasteiger partial charge in [-0.15, -0.1) is 0 Å². The van der Waals surface area contributed by atoms with Gasteiger partial charge in [-0.3, -0.25) is 4.68 Å². The van der Waals surface area contributed by atoms with Gasteiger partial charge in [0, 0.05) is 29.9 Å². The van der Waals surface area contributed by atoms with Crippen LogP contribution in [0.2, 0.25) is 5.02 Å². The van der Waals surface area contributed by atoms with E-state index in [2.05, 4.69) is 17.3 Å². The molecule has 0 amide bonds. The molecule has 3 nitrogen and oxygen atoms in total. The fraction of sp³-hybridized carbons (Fsp3) is 0.400.